The molecule has 0 amide bonds. The van der Waals surface area contributed by atoms with Gasteiger partial charge in [-0.05, 0) is 48.8 Å². The summed E-state index contributed by atoms with van der Waals surface area (Å²) in [5.74, 6) is 0. The van der Waals surface area contributed by atoms with Crippen LogP contribution >= 0.6 is 15.9 Å². The summed E-state index contributed by atoms with van der Waals surface area (Å²) in [6.07, 6.45) is 5.22. The van der Waals surface area contributed by atoms with Crippen LogP contribution in [0.4, 0.5) is 5.69 Å². The van der Waals surface area contributed by atoms with E-state index in [2.05, 4.69) is 59.8 Å². The van der Waals surface area contributed by atoms with Gasteiger partial charge < -0.3 is 4.90 Å². The van der Waals surface area contributed by atoms with Gasteiger partial charge in [0.25, 0.3) is 0 Å². The van der Waals surface area contributed by atoms with Crippen LogP contribution in [-0.2, 0) is 5.41 Å². The zero-order valence-electron chi connectivity index (χ0n) is 11.8. The number of hydrogen-bond donors (Lipinski definition) is 0. The summed E-state index contributed by atoms with van der Waals surface area (Å²) < 4.78 is 1.26. The van der Waals surface area contributed by atoms with Gasteiger partial charge in [-0.2, -0.15) is 0 Å². The minimum absolute atomic E-state index is 0.249. The van der Waals surface area contributed by atoms with E-state index >= 15 is 0 Å². The maximum absolute atomic E-state index is 3.76. The molecule has 0 spiro atoms. The summed E-state index contributed by atoms with van der Waals surface area (Å²) in [5, 5.41) is 0. The molecule has 0 aliphatic carbocycles. The molecule has 18 heavy (non-hydrogen) atoms. The third-order valence-electron chi connectivity index (χ3n) is 4.29. The SMILES string of the molecule is CCC(C)(C)c1ccc(N2CCCCC2)cc1Br. The van der Waals surface area contributed by atoms with Gasteiger partial charge >= 0.3 is 0 Å². The van der Waals surface area contributed by atoms with Crippen molar-refractivity contribution < 1.29 is 0 Å². The first-order chi connectivity index (χ1) is 8.54. The highest BCUT2D eigenvalue weighted by atomic mass is 79.9. The van der Waals surface area contributed by atoms with Crippen molar-refractivity contribution in [2.75, 3.05) is 18.0 Å². The van der Waals surface area contributed by atoms with Crippen molar-refractivity contribution in [1.82, 2.24) is 0 Å². The Hall–Kier alpha value is -0.500. The highest BCUT2D eigenvalue weighted by Gasteiger charge is 2.21. The molecule has 100 valence electrons. The second kappa shape index (κ2) is 5.64. The highest BCUT2D eigenvalue weighted by molar-refractivity contribution is 9.10. The quantitative estimate of drug-likeness (QED) is 0.748. The Morgan fingerprint density at radius 1 is 1.17 bits per heavy atom. The second-order valence-electron chi connectivity index (χ2n) is 5.95. The Balaban J connectivity index is 2.24. The third kappa shape index (κ3) is 2.90. The Bertz CT molecular complexity index is 406. The van der Waals surface area contributed by atoms with E-state index < -0.39 is 0 Å². The van der Waals surface area contributed by atoms with Crippen molar-refractivity contribution >= 4 is 21.6 Å². The van der Waals surface area contributed by atoms with Crippen molar-refractivity contribution in [3.63, 3.8) is 0 Å². The number of hydrogen-bond acceptors (Lipinski definition) is 1. The lowest BCUT2D eigenvalue weighted by Crippen LogP contribution is -2.29. The van der Waals surface area contributed by atoms with Crippen LogP contribution in [0.1, 0.15) is 52.0 Å². The van der Waals surface area contributed by atoms with Crippen LogP contribution in [0.15, 0.2) is 22.7 Å². The number of anilines is 1. The van der Waals surface area contributed by atoms with E-state index in [1.165, 1.54) is 48.1 Å². The first-order valence-corrected chi connectivity index (χ1v) is 7.89. The van der Waals surface area contributed by atoms with Crippen LogP contribution in [-0.4, -0.2) is 13.1 Å². The summed E-state index contributed by atoms with van der Waals surface area (Å²) in [6, 6.07) is 6.90. The summed E-state index contributed by atoms with van der Waals surface area (Å²) in [7, 11) is 0. The number of nitrogens with zero attached hydrogens (tertiary/aromatic N) is 1. The average Bonchev–Trinajstić information content (AvgIpc) is 2.39. The molecule has 1 heterocycles. The summed E-state index contributed by atoms with van der Waals surface area (Å²) in [6.45, 7) is 9.30. The molecule has 0 N–H and O–H groups in total. The molecule has 1 aliphatic rings. The van der Waals surface area contributed by atoms with E-state index in [4.69, 9.17) is 0 Å². The smallest absolute Gasteiger partial charge is 0.0377 e. The second-order valence-corrected chi connectivity index (χ2v) is 6.80. The topological polar surface area (TPSA) is 3.24 Å². The van der Waals surface area contributed by atoms with Crippen LogP contribution in [0, 0.1) is 0 Å². The third-order valence-corrected chi connectivity index (χ3v) is 4.94. The summed E-state index contributed by atoms with van der Waals surface area (Å²) in [5.41, 5.74) is 3.04. The van der Waals surface area contributed by atoms with E-state index in [-0.39, 0.29) is 5.41 Å². The molecule has 1 aliphatic heterocycles. The van der Waals surface area contributed by atoms with E-state index in [0.717, 1.165) is 6.42 Å². The van der Waals surface area contributed by atoms with Gasteiger partial charge in [-0.1, -0.05) is 42.8 Å². The predicted molar refractivity (Wildman–Crippen MR) is 83.5 cm³/mol. The van der Waals surface area contributed by atoms with Gasteiger partial charge in [-0.15, -0.1) is 0 Å². The van der Waals surface area contributed by atoms with Crippen molar-refractivity contribution in [3.8, 4) is 0 Å². The zero-order chi connectivity index (χ0) is 13.2. The van der Waals surface area contributed by atoms with Gasteiger partial charge in [0.2, 0.25) is 0 Å². The lowest BCUT2D eigenvalue weighted by atomic mass is 9.82. The Labute approximate surface area is 120 Å². The van der Waals surface area contributed by atoms with E-state index in [0.29, 0.717) is 0 Å². The Morgan fingerprint density at radius 2 is 1.83 bits per heavy atom. The number of benzene rings is 1. The lowest BCUT2D eigenvalue weighted by Gasteiger charge is -2.31. The Morgan fingerprint density at radius 3 is 2.39 bits per heavy atom. The van der Waals surface area contributed by atoms with Gasteiger partial charge in [0, 0.05) is 23.2 Å². The van der Waals surface area contributed by atoms with Crippen LogP contribution < -0.4 is 4.90 Å². The molecule has 0 bridgehead atoms. The van der Waals surface area contributed by atoms with E-state index in [1.807, 2.05) is 0 Å². The fourth-order valence-corrected chi connectivity index (χ4v) is 3.50. The fourth-order valence-electron chi connectivity index (χ4n) is 2.59. The largest absolute Gasteiger partial charge is 0.372 e. The van der Waals surface area contributed by atoms with Crippen LogP contribution in [0.5, 0.6) is 0 Å². The molecular weight excluding hydrogens is 286 g/mol. The molecule has 0 radical (unpaired) electrons. The first-order valence-electron chi connectivity index (χ1n) is 7.09. The predicted octanol–water partition coefficient (Wildman–Crippen LogP) is 5.13. The van der Waals surface area contributed by atoms with Crippen molar-refractivity contribution in [2.45, 2.75) is 51.9 Å². The van der Waals surface area contributed by atoms with Gasteiger partial charge in [-0.3, -0.25) is 0 Å². The molecule has 1 aromatic carbocycles. The van der Waals surface area contributed by atoms with Gasteiger partial charge in [0.15, 0.2) is 0 Å². The first kappa shape index (κ1) is 13.9. The maximum Gasteiger partial charge on any atom is 0.0377 e. The monoisotopic (exact) mass is 309 g/mol. The normalized spacial score (nSPS) is 17.0. The number of halogens is 1. The molecule has 0 saturated carbocycles. The van der Waals surface area contributed by atoms with Crippen molar-refractivity contribution in [3.05, 3.63) is 28.2 Å². The fraction of sp³-hybridized carbons (Fsp3) is 0.625. The van der Waals surface area contributed by atoms with E-state index in [1.54, 1.807) is 0 Å². The van der Waals surface area contributed by atoms with Gasteiger partial charge in [0.1, 0.15) is 0 Å². The number of rotatable bonds is 3. The molecule has 1 nitrogen and oxygen atoms in total. The average molecular weight is 310 g/mol. The summed E-state index contributed by atoms with van der Waals surface area (Å²) >= 11 is 3.76. The molecule has 0 aromatic heterocycles. The van der Waals surface area contributed by atoms with Gasteiger partial charge in [0.05, 0.1) is 0 Å². The molecule has 2 heteroatoms. The zero-order valence-corrected chi connectivity index (χ0v) is 13.4. The number of piperidine rings is 1. The van der Waals surface area contributed by atoms with Crippen molar-refractivity contribution in [2.24, 2.45) is 0 Å². The standard InChI is InChI=1S/C16H24BrN/c1-4-16(2,3)14-9-8-13(12-15(14)17)18-10-6-5-7-11-18/h8-9,12H,4-7,10-11H2,1-3H3. The van der Waals surface area contributed by atoms with Crippen LogP contribution in [0.3, 0.4) is 0 Å². The molecule has 1 saturated heterocycles. The lowest BCUT2D eigenvalue weighted by molar-refractivity contribution is 0.503. The molecule has 1 fully saturated rings. The van der Waals surface area contributed by atoms with E-state index in [9.17, 15) is 0 Å². The van der Waals surface area contributed by atoms with Crippen LogP contribution in [0.2, 0.25) is 0 Å². The minimum Gasteiger partial charge on any atom is -0.372 e. The molecule has 1 aromatic rings. The molecule has 0 unspecified atom stereocenters. The summed E-state index contributed by atoms with van der Waals surface area (Å²) in [4.78, 5) is 2.51. The Kier molecular flexibility index (Phi) is 4.37. The maximum atomic E-state index is 3.76. The molecule has 2 rings (SSSR count). The van der Waals surface area contributed by atoms with Crippen molar-refractivity contribution in [1.29, 1.82) is 0 Å². The molecule has 0 atom stereocenters. The van der Waals surface area contributed by atoms with Crippen LogP contribution in [0.25, 0.3) is 0 Å². The highest BCUT2D eigenvalue weighted by Crippen LogP contribution is 2.35. The van der Waals surface area contributed by atoms with Gasteiger partial charge in [-0.25, -0.2) is 0 Å². The minimum atomic E-state index is 0.249. The molecular formula is C16H24BrN.